The van der Waals surface area contributed by atoms with Gasteiger partial charge in [-0.15, -0.1) is 23.2 Å². The van der Waals surface area contributed by atoms with Crippen molar-refractivity contribution in [3.8, 4) is 0 Å². The van der Waals surface area contributed by atoms with Crippen LogP contribution in [0.4, 0.5) is 11.4 Å². The first-order valence-electron chi connectivity index (χ1n) is 12.4. The van der Waals surface area contributed by atoms with Crippen molar-refractivity contribution in [3.05, 3.63) is 58.7 Å². The Labute approximate surface area is 226 Å². The Morgan fingerprint density at radius 2 is 1.06 bits per heavy atom. The molecule has 36 heavy (non-hydrogen) atoms. The second-order valence-electron chi connectivity index (χ2n) is 8.03. The van der Waals surface area contributed by atoms with Gasteiger partial charge in [0, 0.05) is 13.2 Å². The summed E-state index contributed by atoms with van der Waals surface area (Å²) in [6, 6.07) is 12.1. The molecule has 2 aromatic carbocycles. The van der Waals surface area contributed by atoms with E-state index in [2.05, 4.69) is 13.8 Å². The first-order chi connectivity index (χ1) is 17.3. The van der Waals surface area contributed by atoms with Crippen LogP contribution in [0, 0.1) is 13.8 Å². The van der Waals surface area contributed by atoms with E-state index >= 15 is 0 Å². The van der Waals surface area contributed by atoms with Crippen molar-refractivity contribution < 1.29 is 19.1 Å². The number of halogens is 2. The van der Waals surface area contributed by atoms with Crippen LogP contribution in [0.3, 0.4) is 0 Å². The van der Waals surface area contributed by atoms with Crippen LogP contribution < -0.4 is 9.80 Å². The fraction of sp³-hybridized carbons (Fsp3) is 0.500. The van der Waals surface area contributed by atoms with Gasteiger partial charge in [0.15, 0.2) is 0 Å². The summed E-state index contributed by atoms with van der Waals surface area (Å²) in [5, 5.41) is 0. The molecule has 0 spiro atoms. The van der Waals surface area contributed by atoms with Crippen LogP contribution in [0.5, 0.6) is 0 Å². The molecular weight excluding hydrogens is 499 g/mol. The quantitative estimate of drug-likeness (QED) is 0.237. The third-order valence-corrected chi connectivity index (χ3v) is 6.08. The molecule has 2 aromatic rings. The van der Waals surface area contributed by atoms with Crippen molar-refractivity contribution >= 4 is 46.4 Å². The fourth-order valence-corrected chi connectivity index (χ4v) is 4.10. The molecule has 0 fully saturated rings. The molecular formula is C28H40Cl2N2O4. The third-order valence-electron chi connectivity index (χ3n) is 5.62. The van der Waals surface area contributed by atoms with Gasteiger partial charge >= 0.3 is 0 Å². The van der Waals surface area contributed by atoms with Gasteiger partial charge in [-0.1, -0.05) is 50.2 Å². The number of anilines is 2. The molecule has 2 rings (SSSR count). The molecule has 0 aromatic heterocycles. The lowest BCUT2D eigenvalue weighted by Crippen LogP contribution is -2.35. The van der Waals surface area contributed by atoms with Crippen LogP contribution in [0.2, 0.25) is 0 Å². The van der Waals surface area contributed by atoms with E-state index in [0.717, 1.165) is 46.5 Å². The Bertz CT molecular complexity index is 891. The molecule has 0 N–H and O–H groups in total. The highest BCUT2D eigenvalue weighted by Gasteiger charge is 2.20. The van der Waals surface area contributed by atoms with E-state index in [0.29, 0.717) is 13.2 Å². The van der Waals surface area contributed by atoms with Gasteiger partial charge in [-0.2, -0.15) is 0 Å². The second-order valence-corrected chi connectivity index (χ2v) is 8.56. The molecule has 0 unspecified atom stereocenters. The molecule has 0 radical (unpaired) electrons. The lowest BCUT2D eigenvalue weighted by molar-refractivity contribution is -0.118. The number of benzene rings is 2. The second kappa shape index (κ2) is 17.4. The van der Waals surface area contributed by atoms with E-state index in [9.17, 15) is 9.59 Å². The van der Waals surface area contributed by atoms with Crippen molar-refractivity contribution in [1.29, 1.82) is 0 Å². The Morgan fingerprint density at radius 3 is 1.33 bits per heavy atom. The largest absolute Gasteiger partial charge is 0.361 e. The van der Waals surface area contributed by atoms with Gasteiger partial charge in [0.2, 0.25) is 11.8 Å². The van der Waals surface area contributed by atoms with E-state index in [4.69, 9.17) is 32.7 Å². The standard InChI is InChI=1S/2C14H20ClNO2/c2*1-4-12-8-6-7-11(3)14(12)16(10-18-5-2)13(17)9-15/h2*6-8H,4-5,9-10H2,1-3H3. The molecule has 6 nitrogen and oxygen atoms in total. The van der Waals surface area contributed by atoms with Crippen LogP contribution in [0.1, 0.15) is 49.9 Å². The van der Waals surface area contributed by atoms with Gasteiger partial charge in [0.1, 0.15) is 25.2 Å². The van der Waals surface area contributed by atoms with E-state index < -0.39 is 0 Å². The van der Waals surface area contributed by atoms with Gasteiger partial charge in [-0.25, -0.2) is 0 Å². The van der Waals surface area contributed by atoms with Crippen LogP contribution in [-0.4, -0.2) is 50.2 Å². The van der Waals surface area contributed by atoms with Crippen molar-refractivity contribution in [1.82, 2.24) is 0 Å². The lowest BCUT2D eigenvalue weighted by Gasteiger charge is -2.25. The number of hydrogen-bond donors (Lipinski definition) is 0. The zero-order valence-electron chi connectivity index (χ0n) is 22.4. The van der Waals surface area contributed by atoms with E-state index in [-0.39, 0.29) is 37.0 Å². The number of carbonyl (C=O) groups excluding carboxylic acids is 2. The van der Waals surface area contributed by atoms with E-state index in [1.54, 1.807) is 9.80 Å². The maximum Gasteiger partial charge on any atom is 0.243 e. The average Bonchev–Trinajstić information content (AvgIpc) is 2.90. The lowest BCUT2D eigenvalue weighted by atomic mass is 10.0. The zero-order chi connectivity index (χ0) is 27.1. The SMILES string of the molecule is CCOCN(C(=O)CCl)c1c(C)cccc1CC.CCOCN(C(=O)CCl)c1c(C)cccc1CC. The van der Waals surface area contributed by atoms with Gasteiger partial charge in [-0.3, -0.25) is 19.4 Å². The first-order valence-corrected chi connectivity index (χ1v) is 13.4. The highest BCUT2D eigenvalue weighted by atomic mass is 35.5. The number of nitrogens with zero attached hydrogens (tertiary/aromatic N) is 2. The summed E-state index contributed by atoms with van der Waals surface area (Å²) in [6.07, 6.45) is 1.74. The Morgan fingerprint density at radius 1 is 0.694 bits per heavy atom. The molecule has 0 heterocycles. The van der Waals surface area contributed by atoms with Crippen molar-refractivity contribution in [2.45, 2.75) is 54.4 Å². The fourth-order valence-electron chi connectivity index (χ4n) is 3.81. The van der Waals surface area contributed by atoms with Crippen LogP contribution in [-0.2, 0) is 31.9 Å². The summed E-state index contributed by atoms with van der Waals surface area (Å²) in [5.74, 6) is -0.335. The number of aryl methyl sites for hydroxylation is 4. The highest BCUT2D eigenvalue weighted by Crippen LogP contribution is 2.27. The highest BCUT2D eigenvalue weighted by molar-refractivity contribution is 6.29. The number of para-hydroxylation sites is 2. The van der Waals surface area contributed by atoms with Crippen molar-refractivity contribution in [2.24, 2.45) is 0 Å². The smallest absolute Gasteiger partial charge is 0.243 e. The topological polar surface area (TPSA) is 59.1 Å². The predicted molar refractivity (Wildman–Crippen MR) is 151 cm³/mol. The average molecular weight is 540 g/mol. The summed E-state index contributed by atoms with van der Waals surface area (Å²) in [6.45, 7) is 13.6. The molecule has 200 valence electrons. The van der Waals surface area contributed by atoms with Crippen LogP contribution in [0.25, 0.3) is 0 Å². The first kappa shape index (κ1) is 31.9. The molecule has 0 aliphatic carbocycles. The molecule has 0 saturated heterocycles. The summed E-state index contributed by atoms with van der Waals surface area (Å²) in [7, 11) is 0. The third kappa shape index (κ3) is 9.07. The number of ether oxygens (including phenoxy) is 2. The molecule has 0 aliphatic rings. The zero-order valence-corrected chi connectivity index (χ0v) is 23.9. The number of amides is 2. The number of alkyl halides is 2. The van der Waals surface area contributed by atoms with Crippen LogP contribution in [0.15, 0.2) is 36.4 Å². The van der Waals surface area contributed by atoms with Gasteiger partial charge in [0.25, 0.3) is 0 Å². The Kier molecular flexibility index (Phi) is 15.4. The predicted octanol–water partition coefficient (Wildman–Crippen LogP) is 6.25. The summed E-state index contributed by atoms with van der Waals surface area (Å²) in [5.41, 5.74) is 6.25. The minimum Gasteiger partial charge on any atom is -0.361 e. The molecule has 2 amide bonds. The molecule has 0 aliphatic heterocycles. The summed E-state index contributed by atoms with van der Waals surface area (Å²) >= 11 is 11.4. The Balaban J connectivity index is 0.000000360. The molecule has 0 bridgehead atoms. The Hall–Kier alpha value is -2.12. The van der Waals surface area contributed by atoms with Crippen molar-refractivity contribution in [2.75, 3.05) is 48.2 Å². The maximum atomic E-state index is 12.0. The monoisotopic (exact) mass is 538 g/mol. The van der Waals surface area contributed by atoms with E-state index in [1.807, 2.05) is 64.1 Å². The number of hydrogen-bond acceptors (Lipinski definition) is 4. The molecule has 0 saturated carbocycles. The van der Waals surface area contributed by atoms with Crippen molar-refractivity contribution in [3.63, 3.8) is 0 Å². The summed E-state index contributed by atoms with van der Waals surface area (Å²) < 4.78 is 10.7. The van der Waals surface area contributed by atoms with Gasteiger partial charge in [-0.05, 0) is 62.8 Å². The van der Waals surface area contributed by atoms with Crippen LogP contribution >= 0.6 is 23.2 Å². The van der Waals surface area contributed by atoms with Gasteiger partial charge in [0.05, 0.1) is 11.4 Å². The molecule has 8 heteroatoms. The minimum absolute atomic E-state index is 0.0371. The van der Waals surface area contributed by atoms with E-state index in [1.165, 1.54) is 0 Å². The maximum absolute atomic E-state index is 12.0. The number of carbonyl (C=O) groups is 2. The van der Waals surface area contributed by atoms with Gasteiger partial charge < -0.3 is 9.47 Å². The minimum atomic E-state index is -0.130. The summed E-state index contributed by atoms with van der Waals surface area (Å²) in [4.78, 5) is 27.2. The normalized spacial score (nSPS) is 10.4. The molecule has 0 atom stereocenters. The number of rotatable bonds is 12.